The molecule has 0 saturated heterocycles. The predicted molar refractivity (Wildman–Crippen MR) is 42.0 cm³/mol. The van der Waals surface area contributed by atoms with E-state index in [1.165, 1.54) is 0 Å². The van der Waals surface area contributed by atoms with Crippen molar-refractivity contribution in [2.45, 2.75) is 0 Å². The standard InChI is InChI=1S/C7H11N3O/c1-9-3-4-11-6-5-8-10(2)7(6)9/h5H,3-4H2,1-2H3. The van der Waals surface area contributed by atoms with Crippen molar-refractivity contribution >= 4 is 5.82 Å². The number of nitrogens with zero attached hydrogens (tertiary/aromatic N) is 3. The van der Waals surface area contributed by atoms with Gasteiger partial charge in [0.05, 0.1) is 12.7 Å². The second-order valence-electron chi connectivity index (χ2n) is 2.73. The van der Waals surface area contributed by atoms with Crippen LogP contribution in [0.3, 0.4) is 0 Å². The van der Waals surface area contributed by atoms with E-state index in [1.54, 1.807) is 6.20 Å². The highest BCUT2D eigenvalue weighted by molar-refractivity contribution is 5.52. The average Bonchev–Trinajstić information content (AvgIpc) is 2.34. The van der Waals surface area contributed by atoms with Gasteiger partial charge < -0.3 is 9.64 Å². The molecule has 0 saturated carbocycles. The number of anilines is 1. The first-order valence-corrected chi connectivity index (χ1v) is 3.65. The summed E-state index contributed by atoms with van der Waals surface area (Å²) in [6.45, 7) is 1.70. The van der Waals surface area contributed by atoms with Crippen LogP contribution in [0, 0.1) is 0 Å². The number of rotatable bonds is 0. The minimum absolute atomic E-state index is 0.759. The lowest BCUT2D eigenvalue weighted by molar-refractivity contribution is 0.310. The third-order valence-electron chi connectivity index (χ3n) is 1.92. The van der Waals surface area contributed by atoms with E-state index < -0.39 is 0 Å². The Balaban J connectivity index is 2.48. The summed E-state index contributed by atoms with van der Waals surface area (Å²) < 4.78 is 7.22. The molecular weight excluding hydrogens is 142 g/mol. The Hall–Kier alpha value is -1.19. The van der Waals surface area contributed by atoms with E-state index in [1.807, 2.05) is 18.8 Å². The number of fused-ring (bicyclic) bond motifs is 1. The third-order valence-corrected chi connectivity index (χ3v) is 1.92. The van der Waals surface area contributed by atoms with Crippen molar-refractivity contribution in [3.05, 3.63) is 6.20 Å². The van der Waals surface area contributed by atoms with Crippen LogP contribution in [-0.2, 0) is 7.05 Å². The Kier molecular flexibility index (Phi) is 1.27. The van der Waals surface area contributed by atoms with Gasteiger partial charge in [0, 0.05) is 14.1 Å². The molecule has 2 rings (SSSR count). The Morgan fingerprint density at radius 2 is 2.36 bits per heavy atom. The molecule has 0 unspecified atom stereocenters. The quantitative estimate of drug-likeness (QED) is 0.535. The van der Waals surface area contributed by atoms with E-state index >= 15 is 0 Å². The largest absolute Gasteiger partial charge is 0.486 e. The Morgan fingerprint density at radius 3 is 3.09 bits per heavy atom. The van der Waals surface area contributed by atoms with Crippen molar-refractivity contribution in [3.8, 4) is 5.75 Å². The second kappa shape index (κ2) is 2.15. The van der Waals surface area contributed by atoms with Gasteiger partial charge in [-0.15, -0.1) is 0 Å². The average molecular weight is 153 g/mol. The van der Waals surface area contributed by atoms with E-state index in [-0.39, 0.29) is 0 Å². The minimum atomic E-state index is 0.759. The predicted octanol–water partition coefficient (Wildman–Crippen LogP) is 0.249. The lowest BCUT2D eigenvalue weighted by Gasteiger charge is -2.24. The molecule has 11 heavy (non-hydrogen) atoms. The maximum absolute atomic E-state index is 5.39. The minimum Gasteiger partial charge on any atom is -0.486 e. The second-order valence-corrected chi connectivity index (χ2v) is 2.73. The molecule has 0 fully saturated rings. The monoisotopic (exact) mass is 153 g/mol. The fourth-order valence-corrected chi connectivity index (χ4v) is 1.35. The van der Waals surface area contributed by atoms with Crippen LogP contribution in [0.25, 0.3) is 0 Å². The summed E-state index contributed by atoms with van der Waals surface area (Å²) >= 11 is 0. The lowest BCUT2D eigenvalue weighted by atomic mass is 10.4. The van der Waals surface area contributed by atoms with Gasteiger partial charge in [0.25, 0.3) is 0 Å². The van der Waals surface area contributed by atoms with Crippen LogP contribution in [-0.4, -0.2) is 30.0 Å². The van der Waals surface area contributed by atoms with Crippen LogP contribution in [0.4, 0.5) is 5.82 Å². The van der Waals surface area contributed by atoms with Crippen LogP contribution in [0.2, 0.25) is 0 Å². The molecule has 1 aliphatic rings. The van der Waals surface area contributed by atoms with Crippen molar-refractivity contribution in [3.63, 3.8) is 0 Å². The molecule has 1 aliphatic heterocycles. The fraction of sp³-hybridized carbons (Fsp3) is 0.571. The van der Waals surface area contributed by atoms with Crippen molar-refractivity contribution < 1.29 is 4.74 Å². The summed E-state index contributed by atoms with van der Waals surface area (Å²) in [7, 11) is 3.97. The first kappa shape index (κ1) is 6.52. The number of ether oxygens (including phenoxy) is 1. The first-order valence-electron chi connectivity index (χ1n) is 3.65. The maximum atomic E-state index is 5.39. The first-order chi connectivity index (χ1) is 5.29. The fourth-order valence-electron chi connectivity index (χ4n) is 1.35. The van der Waals surface area contributed by atoms with Gasteiger partial charge in [0.2, 0.25) is 0 Å². The van der Waals surface area contributed by atoms with E-state index in [0.717, 1.165) is 24.7 Å². The van der Waals surface area contributed by atoms with Gasteiger partial charge >= 0.3 is 0 Å². The summed E-state index contributed by atoms with van der Waals surface area (Å²) in [5.41, 5.74) is 0. The maximum Gasteiger partial charge on any atom is 0.181 e. The molecule has 0 radical (unpaired) electrons. The molecule has 0 N–H and O–H groups in total. The summed E-state index contributed by atoms with van der Waals surface area (Å²) in [6, 6.07) is 0. The smallest absolute Gasteiger partial charge is 0.181 e. The van der Waals surface area contributed by atoms with Gasteiger partial charge in [-0.25, -0.2) is 4.68 Å². The molecule has 60 valence electrons. The summed E-state index contributed by atoms with van der Waals surface area (Å²) in [4.78, 5) is 2.14. The molecule has 2 heterocycles. The normalized spacial score (nSPS) is 16.0. The van der Waals surface area contributed by atoms with E-state index in [9.17, 15) is 0 Å². The number of hydrogen-bond donors (Lipinski definition) is 0. The van der Waals surface area contributed by atoms with E-state index in [2.05, 4.69) is 10.00 Å². The molecule has 1 aromatic heterocycles. The molecule has 0 aliphatic carbocycles. The van der Waals surface area contributed by atoms with Gasteiger partial charge in [-0.3, -0.25) is 0 Å². The van der Waals surface area contributed by atoms with Gasteiger partial charge in [0.15, 0.2) is 11.6 Å². The van der Waals surface area contributed by atoms with Crippen LogP contribution >= 0.6 is 0 Å². The highest BCUT2D eigenvalue weighted by Crippen LogP contribution is 2.28. The zero-order valence-corrected chi connectivity index (χ0v) is 6.74. The van der Waals surface area contributed by atoms with Gasteiger partial charge in [-0.2, -0.15) is 5.10 Å². The number of aryl methyl sites for hydroxylation is 1. The molecule has 0 aromatic carbocycles. The Morgan fingerprint density at radius 1 is 1.55 bits per heavy atom. The van der Waals surface area contributed by atoms with E-state index in [4.69, 9.17) is 4.74 Å². The third kappa shape index (κ3) is 0.859. The van der Waals surface area contributed by atoms with Crippen LogP contribution in [0.15, 0.2) is 6.20 Å². The van der Waals surface area contributed by atoms with Crippen molar-refractivity contribution in [2.24, 2.45) is 7.05 Å². The highest BCUT2D eigenvalue weighted by Gasteiger charge is 2.18. The lowest BCUT2D eigenvalue weighted by Crippen LogP contribution is -2.29. The topological polar surface area (TPSA) is 30.3 Å². The summed E-state index contributed by atoms with van der Waals surface area (Å²) in [6.07, 6.45) is 1.75. The summed E-state index contributed by atoms with van der Waals surface area (Å²) in [5, 5.41) is 4.10. The van der Waals surface area contributed by atoms with E-state index in [0.29, 0.717) is 0 Å². The number of hydrogen-bond acceptors (Lipinski definition) is 3. The highest BCUT2D eigenvalue weighted by atomic mass is 16.5. The zero-order valence-electron chi connectivity index (χ0n) is 6.74. The van der Waals surface area contributed by atoms with Crippen molar-refractivity contribution in [1.82, 2.24) is 9.78 Å². The molecule has 1 aromatic rings. The van der Waals surface area contributed by atoms with Gasteiger partial charge in [0.1, 0.15) is 6.61 Å². The molecule has 4 heteroatoms. The van der Waals surface area contributed by atoms with Gasteiger partial charge in [-0.1, -0.05) is 0 Å². The number of aromatic nitrogens is 2. The zero-order chi connectivity index (χ0) is 7.84. The molecule has 0 atom stereocenters. The SMILES string of the molecule is CN1CCOc2cnn(C)c21. The van der Waals surface area contributed by atoms with Crippen molar-refractivity contribution in [2.75, 3.05) is 25.1 Å². The Labute approximate surface area is 65.4 Å². The van der Waals surface area contributed by atoms with Crippen molar-refractivity contribution in [1.29, 1.82) is 0 Å². The van der Waals surface area contributed by atoms with Crippen LogP contribution < -0.4 is 9.64 Å². The molecule has 0 amide bonds. The molecular formula is C7H11N3O. The van der Waals surface area contributed by atoms with Gasteiger partial charge in [-0.05, 0) is 0 Å². The summed E-state index contributed by atoms with van der Waals surface area (Å²) in [5.74, 6) is 1.96. The molecule has 4 nitrogen and oxygen atoms in total. The van der Waals surface area contributed by atoms with Crippen LogP contribution in [0.5, 0.6) is 5.75 Å². The molecule has 0 bridgehead atoms. The van der Waals surface area contributed by atoms with Crippen LogP contribution in [0.1, 0.15) is 0 Å². The number of likely N-dealkylation sites (N-methyl/N-ethyl adjacent to an activating group) is 1. The molecule has 0 spiro atoms. The Bertz CT molecular complexity index is 269.